The molecule has 2 rings (SSSR count). The van der Waals surface area contributed by atoms with Crippen LogP contribution in [0.4, 0.5) is 0 Å². The van der Waals surface area contributed by atoms with Gasteiger partial charge in [0.25, 0.3) is 0 Å². The van der Waals surface area contributed by atoms with Gasteiger partial charge < -0.3 is 15.5 Å². The van der Waals surface area contributed by atoms with Gasteiger partial charge in [0, 0.05) is 40.2 Å². The molecule has 0 spiro atoms. The van der Waals surface area contributed by atoms with Crippen LogP contribution in [0.25, 0.3) is 0 Å². The van der Waals surface area contributed by atoms with Crippen molar-refractivity contribution in [3.05, 3.63) is 29.8 Å². The van der Waals surface area contributed by atoms with Gasteiger partial charge in [0.15, 0.2) is 5.96 Å². The van der Waals surface area contributed by atoms with Gasteiger partial charge in [0.2, 0.25) is 15.9 Å². The molecule has 1 fully saturated rings. The Balaban J connectivity index is 1.86. The Hall–Kier alpha value is -2.13. The fourth-order valence-corrected chi connectivity index (χ4v) is 3.54. The summed E-state index contributed by atoms with van der Waals surface area (Å²) in [4.78, 5) is 18.1. The molecule has 1 aliphatic heterocycles. The number of carbonyl (C=O) groups is 1. The number of aliphatic imine (C=N–C) groups is 1. The SMILES string of the molecule is CN=C(NCc1ccc(S(N)(=O)=O)cc1)N1CCC(CC(=O)NC)CC1. The largest absolute Gasteiger partial charge is 0.359 e. The summed E-state index contributed by atoms with van der Waals surface area (Å²) in [5.74, 6) is 1.31. The normalized spacial score (nSPS) is 16.4. The van der Waals surface area contributed by atoms with E-state index in [0.717, 1.165) is 37.5 Å². The second-order valence-electron chi connectivity index (χ2n) is 6.40. The molecule has 1 aliphatic rings. The van der Waals surface area contributed by atoms with Crippen molar-refractivity contribution in [3.63, 3.8) is 0 Å². The molecule has 1 aromatic carbocycles. The van der Waals surface area contributed by atoms with Gasteiger partial charge in [0.1, 0.15) is 0 Å². The zero-order chi connectivity index (χ0) is 19.2. The Morgan fingerprint density at radius 2 is 1.88 bits per heavy atom. The van der Waals surface area contributed by atoms with Crippen LogP contribution in [0.1, 0.15) is 24.8 Å². The minimum absolute atomic E-state index is 0.0916. The number of hydrogen-bond donors (Lipinski definition) is 3. The topological polar surface area (TPSA) is 117 Å². The number of sulfonamides is 1. The number of nitrogens with zero attached hydrogens (tertiary/aromatic N) is 2. The number of rotatable bonds is 5. The van der Waals surface area contributed by atoms with E-state index in [4.69, 9.17) is 5.14 Å². The van der Waals surface area contributed by atoms with Gasteiger partial charge in [-0.05, 0) is 36.5 Å². The second-order valence-corrected chi connectivity index (χ2v) is 7.96. The van der Waals surface area contributed by atoms with Gasteiger partial charge in [-0.3, -0.25) is 9.79 Å². The highest BCUT2D eigenvalue weighted by molar-refractivity contribution is 7.89. The van der Waals surface area contributed by atoms with E-state index in [2.05, 4.69) is 20.5 Å². The van der Waals surface area contributed by atoms with Crippen molar-refractivity contribution in [1.82, 2.24) is 15.5 Å². The monoisotopic (exact) mass is 381 g/mol. The van der Waals surface area contributed by atoms with Crippen molar-refractivity contribution >= 4 is 21.9 Å². The average Bonchev–Trinajstić information content (AvgIpc) is 2.63. The summed E-state index contributed by atoms with van der Waals surface area (Å²) in [5, 5.41) is 11.1. The Morgan fingerprint density at radius 1 is 1.27 bits per heavy atom. The zero-order valence-electron chi connectivity index (χ0n) is 15.2. The molecule has 9 heteroatoms. The fraction of sp³-hybridized carbons (Fsp3) is 0.529. The van der Waals surface area contributed by atoms with Crippen molar-refractivity contribution in [2.24, 2.45) is 16.0 Å². The minimum atomic E-state index is -3.67. The molecule has 0 unspecified atom stereocenters. The highest BCUT2D eigenvalue weighted by Crippen LogP contribution is 2.20. The summed E-state index contributed by atoms with van der Waals surface area (Å²) in [6, 6.07) is 6.46. The first-order valence-corrected chi connectivity index (χ1v) is 10.2. The van der Waals surface area contributed by atoms with Crippen LogP contribution in [0.5, 0.6) is 0 Å². The lowest BCUT2D eigenvalue weighted by molar-refractivity contribution is -0.121. The standard InChI is InChI=1S/C17H27N5O3S/c1-19-16(23)11-13-7-9-22(10-8-13)17(20-2)21-12-14-3-5-15(6-4-14)26(18,24)25/h3-6,13H,7-12H2,1-2H3,(H,19,23)(H,20,21)(H2,18,24,25). The minimum Gasteiger partial charge on any atom is -0.359 e. The molecule has 0 aromatic heterocycles. The highest BCUT2D eigenvalue weighted by Gasteiger charge is 2.23. The van der Waals surface area contributed by atoms with Crippen LogP contribution in [0.2, 0.25) is 0 Å². The number of amides is 1. The predicted octanol–water partition coefficient (Wildman–Crippen LogP) is 0.258. The molecular formula is C17H27N5O3S. The Kier molecular flexibility index (Phi) is 6.98. The number of benzene rings is 1. The number of nitrogens with two attached hydrogens (primary N) is 1. The van der Waals surface area contributed by atoms with Crippen molar-refractivity contribution in [3.8, 4) is 0 Å². The molecule has 1 heterocycles. The summed E-state index contributed by atoms with van der Waals surface area (Å²) in [6.45, 7) is 2.24. The molecular weight excluding hydrogens is 354 g/mol. The number of guanidine groups is 1. The van der Waals surface area contributed by atoms with Gasteiger partial charge >= 0.3 is 0 Å². The van der Waals surface area contributed by atoms with Gasteiger partial charge in [-0.15, -0.1) is 0 Å². The van der Waals surface area contributed by atoms with Crippen LogP contribution in [0, 0.1) is 5.92 Å². The maximum absolute atomic E-state index is 11.5. The molecule has 0 bridgehead atoms. The van der Waals surface area contributed by atoms with Crippen LogP contribution >= 0.6 is 0 Å². The zero-order valence-corrected chi connectivity index (χ0v) is 16.1. The van der Waals surface area contributed by atoms with Crippen molar-refractivity contribution in [1.29, 1.82) is 0 Å². The number of hydrogen-bond acceptors (Lipinski definition) is 4. The molecule has 0 radical (unpaired) electrons. The third kappa shape index (κ3) is 5.70. The smallest absolute Gasteiger partial charge is 0.238 e. The second kappa shape index (κ2) is 9.00. The van der Waals surface area contributed by atoms with Crippen LogP contribution in [-0.4, -0.2) is 52.4 Å². The molecule has 8 nitrogen and oxygen atoms in total. The number of piperidine rings is 1. The van der Waals surface area contributed by atoms with Gasteiger partial charge in [-0.2, -0.15) is 0 Å². The van der Waals surface area contributed by atoms with Crippen molar-refractivity contribution < 1.29 is 13.2 Å². The molecule has 1 amide bonds. The molecule has 144 valence electrons. The summed E-state index contributed by atoms with van der Waals surface area (Å²) in [7, 11) is -0.265. The van der Waals surface area contributed by atoms with Crippen LogP contribution < -0.4 is 15.8 Å². The van der Waals surface area contributed by atoms with Crippen LogP contribution in [0.3, 0.4) is 0 Å². The van der Waals surface area contributed by atoms with E-state index in [1.807, 2.05) is 0 Å². The van der Waals surface area contributed by atoms with E-state index < -0.39 is 10.0 Å². The molecule has 0 saturated carbocycles. The molecule has 0 aliphatic carbocycles. The summed E-state index contributed by atoms with van der Waals surface area (Å²) >= 11 is 0. The van der Waals surface area contributed by atoms with E-state index >= 15 is 0 Å². The van der Waals surface area contributed by atoms with E-state index in [1.165, 1.54) is 12.1 Å². The van der Waals surface area contributed by atoms with Gasteiger partial charge in [-0.1, -0.05) is 12.1 Å². The first-order valence-electron chi connectivity index (χ1n) is 8.61. The first-order chi connectivity index (χ1) is 12.3. The average molecular weight is 382 g/mol. The third-order valence-corrected chi connectivity index (χ3v) is 5.51. The van der Waals surface area contributed by atoms with Crippen molar-refractivity contribution in [2.75, 3.05) is 27.2 Å². The van der Waals surface area contributed by atoms with Gasteiger partial charge in [0.05, 0.1) is 4.90 Å². The van der Waals surface area contributed by atoms with E-state index in [1.54, 1.807) is 26.2 Å². The molecule has 0 atom stereocenters. The lowest BCUT2D eigenvalue weighted by Crippen LogP contribution is -2.45. The maximum Gasteiger partial charge on any atom is 0.238 e. The Bertz CT molecular complexity index is 738. The van der Waals surface area contributed by atoms with Crippen molar-refractivity contribution in [2.45, 2.75) is 30.7 Å². The van der Waals surface area contributed by atoms with E-state index in [-0.39, 0.29) is 10.8 Å². The molecule has 26 heavy (non-hydrogen) atoms. The number of carbonyl (C=O) groups excluding carboxylic acids is 1. The van der Waals surface area contributed by atoms with Crippen LogP contribution in [0.15, 0.2) is 34.2 Å². The number of nitrogens with one attached hydrogen (secondary N) is 2. The Morgan fingerprint density at radius 3 is 2.38 bits per heavy atom. The quantitative estimate of drug-likeness (QED) is 0.500. The van der Waals surface area contributed by atoms with E-state index in [0.29, 0.717) is 18.9 Å². The predicted molar refractivity (Wildman–Crippen MR) is 101 cm³/mol. The highest BCUT2D eigenvalue weighted by atomic mass is 32.2. The summed E-state index contributed by atoms with van der Waals surface area (Å²) in [5.41, 5.74) is 0.938. The molecule has 4 N–H and O–H groups in total. The number of likely N-dealkylation sites (tertiary alicyclic amines) is 1. The summed E-state index contributed by atoms with van der Waals surface area (Å²) in [6.07, 6.45) is 2.49. The maximum atomic E-state index is 11.5. The van der Waals surface area contributed by atoms with Gasteiger partial charge in [-0.25, -0.2) is 13.6 Å². The van der Waals surface area contributed by atoms with Crippen LogP contribution in [-0.2, 0) is 21.4 Å². The molecule has 1 aromatic rings. The van der Waals surface area contributed by atoms with E-state index in [9.17, 15) is 13.2 Å². The third-order valence-electron chi connectivity index (χ3n) is 4.58. The first kappa shape index (κ1) is 20.2. The summed E-state index contributed by atoms with van der Waals surface area (Å²) < 4.78 is 22.6. The lowest BCUT2D eigenvalue weighted by Gasteiger charge is -2.34. The number of primary sulfonamides is 1. The lowest BCUT2D eigenvalue weighted by atomic mass is 9.93. The molecule has 1 saturated heterocycles. The fourth-order valence-electron chi connectivity index (χ4n) is 3.02. The Labute approximate surface area is 154 Å².